The van der Waals surface area contributed by atoms with Crippen LogP contribution in [0.2, 0.25) is 0 Å². The highest BCUT2D eigenvalue weighted by Gasteiger charge is 2.16. The summed E-state index contributed by atoms with van der Waals surface area (Å²) in [6, 6.07) is 8.96. The number of nitrogens with zero attached hydrogens (tertiary/aromatic N) is 3. The molecule has 0 radical (unpaired) electrons. The van der Waals surface area contributed by atoms with Crippen LogP contribution in [0, 0.1) is 0 Å². The van der Waals surface area contributed by atoms with Crippen LogP contribution in [-0.2, 0) is 11.3 Å². The number of likely N-dealkylation sites (N-methyl/N-ethyl adjacent to an activating group) is 1. The van der Waals surface area contributed by atoms with Gasteiger partial charge in [-0.1, -0.05) is 12.1 Å². The van der Waals surface area contributed by atoms with Gasteiger partial charge in [-0.25, -0.2) is 0 Å². The van der Waals surface area contributed by atoms with E-state index in [1.54, 1.807) is 0 Å². The lowest BCUT2D eigenvalue weighted by Gasteiger charge is -2.30. The predicted octanol–water partition coefficient (Wildman–Crippen LogP) is 1.80. The molecule has 0 spiro atoms. The fourth-order valence-corrected chi connectivity index (χ4v) is 3.84. The van der Waals surface area contributed by atoms with E-state index in [4.69, 9.17) is 4.74 Å². The maximum Gasteiger partial charge on any atom is 0.0793 e. The Labute approximate surface area is 152 Å². The number of benzene rings is 1. The van der Waals surface area contributed by atoms with Crippen LogP contribution in [0.5, 0.6) is 0 Å². The highest BCUT2D eigenvalue weighted by Crippen LogP contribution is 2.20. The number of aliphatic hydroxyl groups excluding tert-OH is 1. The average Bonchev–Trinajstić information content (AvgIpc) is 2.63. The Kier molecular flexibility index (Phi) is 7.11. The molecule has 1 aromatic carbocycles. The van der Waals surface area contributed by atoms with Gasteiger partial charge in [-0.2, -0.15) is 0 Å². The molecule has 0 bridgehead atoms. The summed E-state index contributed by atoms with van der Waals surface area (Å²) in [4.78, 5) is 6.99. The number of rotatable bonds is 7. The number of ether oxygens (including phenoxy) is 1. The second-order valence-corrected chi connectivity index (χ2v) is 7.48. The normalized spacial score (nSPS) is 20.8. The van der Waals surface area contributed by atoms with Gasteiger partial charge in [-0.3, -0.25) is 9.80 Å². The number of piperidine rings is 1. The minimum absolute atomic E-state index is 0.310. The van der Waals surface area contributed by atoms with E-state index in [-0.39, 0.29) is 6.10 Å². The van der Waals surface area contributed by atoms with Crippen LogP contribution in [-0.4, -0.2) is 80.5 Å². The Morgan fingerprint density at radius 1 is 1.04 bits per heavy atom. The summed E-state index contributed by atoms with van der Waals surface area (Å²) in [5.74, 6) is 0. The van der Waals surface area contributed by atoms with Gasteiger partial charge in [0, 0.05) is 51.5 Å². The van der Waals surface area contributed by atoms with Gasteiger partial charge in [-0.05, 0) is 44.0 Å². The molecule has 2 aliphatic rings. The van der Waals surface area contributed by atoms with Gasteiger partial charge in [0.1, 0.15) is 0 Å². The van der Waals surface area contributed by atoms with Crippen molar-refractivity contribution in [3.8, 4) is 0 Å². The maximum atomic E-state index is 10.3. The first-order valence-electron chi connectivity index (χ1n) is 9.71. The molecule has 2 fully saturated rings. The summed E-state index contributed by atoms with van der Waals surface area (Å²) in [7, 11) is 2.08. The molecule has 1 N–H and O–H groups in total. The van der Waals surface area contributed by atoms with Crippen LogP contribution in [0.4, 0.5) is 5.69 Å². The van der Waals surface area contributed by atoms with Crippen molar-refractivity contribution in [3.63, 3.8) is 0 Å². The zero-order valence-electron chi connectivity index (χ0n) is 15.6. The van der Waals surface area contributed by atoms with Crippen molar-refractivity contribution < 1.29 is 9.84 Å². The van der Waals surface area contributed by atoms with E-state index >= 15 is 0 Å². The zero-order valence-corrected chi connectivity index (χ0v) is 15.6. The van der Waals surface area contributed by atoms with Gasteiger partial charge in [0.05, 0.1) is 19.3 Å². The van der Waals surface area contributed by atoms with E-state index in [9.17, 15) is 5.11 Å². The third-order valence-electron chi connectivity index (χ3n) is 5.21. The lowest BCUT2D eigenvalue weighted by molar-refractivity contribution is 0.00825. The van der Waals surface area contributed by atoms with Crippen molar-refractivity contribution in [2.24, 2.45) is 0 Å². The molecule has 1 atom stereocenters. The van der Waals surface area contributed by atoms with Gasteiger partial charge < -0.3 is 14.7 Å². The number of anilines is 1. The summed E-state index contributed by atoms with van der Waals surface area (Å²) in [6.07, 6.45) is 3.68. The van der Waals surface area contributed by atoms with Gasteiger partial charge in [0.25, 0.3) is 0 Å². The molecule has 5 nitrogen and oxygen atoms in total. The number of β-amino-alcohol motifs (C(OH)–C–C–N with tert-alkyl or cyclic N) is 1. The van der Waals surface area contributed by atoms with Crippen molar-refractivity contribution in [2.45, 2.75) is 31.9 Å². The first kappa shape index (κ1) is 18.6. The van der Waals surface area contributed by atoms with Gasteiger partial charge in [-0.15, -0.1) is 0 Å². The van der Waals surface area contributed by atoms with Crippen LogP contribution in [0.3, 0.4) is 0 Å². The Hall–Kier alpha value is -1.14. The topological polar surface area (TPSA) is 39.2 Å². The third-order valence-corrected chi connectivity index (χ3v) is 5.21. The molecular weight excluding hydrogens is 314 g/mol. The fraction of sp³-hybridized carbons (Fsp3) is 0.700. The lowest BCUT2D eigenvalue weighted by Crippen LogP contribution is -2.43. The minimum atomic E-state index is -0.310. The highest BCUT2D eigenvalue weighted by atomic mass is 16.5. The Morgan fingerprint density at radius 2 is 1.72 bits per heavy atom. The first-order valence-corrected chi connectivity index (χ1v) is 9.71. The van der Waals surface area contributed by atoms with E-state index in [2.05, 4.69) is 46.0 Å². The van der Waals surface area contributed by atoms with Crippen molar-refractivity contribution in [1.82, 2.24) is 9.80 Å². The maximum absolute atomic E-state index is 10.3. The van der Waals surface area contributed by atoms with E-state index in [1.807, 2.05) is 0 Å². The quantitative estimate of drug-likeness (QED) is 0.814. The molecule has 2 heterocycles. The van der Waals surface area contributed by atoms with Crippen LogP contribution in [0.1, 0.15) is 24.8 Å². The molecular formula is C20H33N3O2. The Bertz CT molecular complexity index is 496. The fourth-order valence-electron chi connectivity index (χ4n) is 3.84. The molecule has 25 heavy (non-hydrogen) atoms. The Morgan fingerprint density at radius 3 is 2.40 bits per heavy atom. The number of morpholine rings is 1. The van der Waals surface area contributed by atoms with Crippen molar-refractivity contribution >= 4 is 5.69 Å². The van der Waals surface area contributed by atoms with Crippen molar-refractivity contribution in [1.29, 1.82) is 0 Å². The molecule has 2 saturated heterocycles. The molecule has 0 aliphatic carbocycles. The lowest BCUT2D eigenvalue weighted by atomic mass is 10.1. The second-order valence-electron chi connectivity index (χ2n) is 7.48. The van der Waals surface area contributed by atoms with Crippen molar-refractivity contribution in [2.75, 3.05) is 64.4 Å². The SMILES string of the molecule is CN(Cc1ccc(N2CCCCC2)cc1)CC(O)CN1CCOCC1. The molecule has 1 aromatic rings. The largest absolute Gasteiger partial charge is 0.390 e. The summed E-state index contributed by atoms with van der Waals surface area (Å²) in [6.45, 7) is 8.11. The van der Waals surface area contributed by atoms with E-state index in [0.717, 1.165) is 39.4 Å². The van der Waals surface area contributed by atoms with Crippen molar-refractivity contribution in [3.05, 3.63) is 29.8 Å². The summed E-state index contributed by atoms with van der Waals surface area (Å²) >= 11 is 0. The van der Waals surface area contributed by atoms with Gasteiger partial charge in [0.2, 0.25) is 0 Å². The second kappa shape index (κ2) is 9.53. The number of aliphatic hydroxyl groups is 1. The van der Waals surface area contributed by atoms with E-state index in [1.165, 1.54) is 43.6 Å². The molecule has 140 valence electrons. The van der Waals surface area contributed by atoms with E-state index < -0.39 is 0 Å². The van der Waals surface area contributed by atoms with Crippen LogP contribution in [0.25, 0.3) is 0 Å². The predicted molar refractivity (Wildman–Crippen MR) is 102 cm³/mol. The summed E-state index contributed by atoms with van der Waals surface area (Å²) < 4.78 is 5.36. The standard InChI is InChI=1S/C20H33N3O2/c1-21(16-20(24)17-22-11-13-25-14-12-22)15-18-5-7-19(8-6-18)23-9-3-2-4-10-23/h5-8,20,24H,2-4,9-17H2,1H3. The Balaban J connectivity index is 1.43. The van der Waals surface area contributed by atoms with Crippen LogP contribution >= 0.6 is 0 Å². The first-order chi connectivity index (χ1) is 12.2. The molecule has 0 saturated carbocycles. The molecule has 0 amide bonds. The molecule has 3 rings (SSSR count). The van der Waals surface area contributed by atoms with E-state index in [0.29, 0.717) is 6.54 Å². The third kappa shape index (κ3) is 5.96. The number of hydrogen-bond acceptors (Lipinski definition) is 5. The number of hydrogen-bond donors (Lipinski definition) is 1. The smallest absolute Gasteiger partial charge is 0.0793 e. The molecule has 5 heteroatoms. The summed E-state index contributed by atoms with van der Waals surface area (Å²) in [5.41, 5.74) is 2.65. The van der Waals surface area contributed by atoms with Gasteiger partial charge in [0.15, 0.2) is 0 Å². The molecule has 2 aliphatic heterocycles. The van der Waals surface area contributed by atoms with Crippen LogP contribution < -0.4 is 4.90 Å². The molecule has 1 unspecified atom stereocenters. The highest BCUT2D eigenvalue weighted by molar-refractivity contribution is 5.47. The monoisotopic (exact) mass is 347 g/mol. The minimum Gasteiger partial charge on any atom is -0.390 e. The van der Waals surface area contributed by atoms with Gasteiger partial charge >= 0.3 is 0 Å². The molecule has 0 aromatic heterocycles. The summed E-state index contributed by atoms with van der Waals surface area (Å²) in [5, 5.41) is 10.3. The zero-order chi connectivity index (χ0) is 17.5. The average molecular weight is 348 g/mol. The van der Waals surface area contributed by atoms with Crippen LogP contribution in [0.15, 0.2) is 24.3 Å².